The normalized spacial score (nSPS) is 12.4. The third-order valence-electron chi connectivity index (χ3n) is 3.49. The summed E-state index contributed by atoms with van der Waals surface area (Å²) in [5.74, 6) is 0. The molecule has 2 aromatic rings. The van der Waals surface area contributed by atoms with E-state index < -0.39 is 0 Å². The van der Waals surface area contributed by atoms with Crippen molar-refractivity contribution in [3.05, 3.63) is 69.2 Å². The third kappa shape index (κ3) is 3.68. The molecule has 0 saturated heterocycles. The molecule has 1 atom stereocenters. The molecule has 0 bridgehead atoms. The van der Waals surface area contributed by atoms with Crippen molar-refractivity contribution in [2.75, 3.05) is 7.05 Å². The van der Waals surface area contributed by atoms with Gasteiger partial charge in [0.25, 0.3) is 0 Å². The Morgan fingerprint density at radius 3 is 2.58 bits per heavy atom. The number of halogens is 1. The minimum atomic E-state index is 0.356. The van der Waals surface area contributed by atoms with Crippen LogP contribution in [0.1, 0.15) is 28.3 Å². The number of nitrogens with one attached hydrogen (secondary N) is 1. The molecule has 0 amide bonds. The lowest BCUT2D eigenvalue weighted by Gasteiger charge is -2.20. The molecule has 0 aliphatic rings. The van der Waals surface area contributed by atoms with E-state index in [0.29, 0.717) is 6.04 Å². The Hall–Kier alpha value is -1.12. The van der Waals surface area contributed by atoms with Crippen LogP contribution in [0.5, 0.6) is 0 Å². The zero-order valence-corrected chi connectivity index (χ0v) is 13.3. The fourth-order valence-corrected chi connectivity index (χ4v) is 2.85. The molecule has 0 saturated carbocycles. The molecule has 0 spiro atoms. The van der Waals surface area contributed by atoms with Gasteiger partial charge in [-0.25, -0.2) is 0 Å². The van der Waals surface area contributed by atoms with E-state index in [1.165, 1.54) is 22.3 Å². The molecule has 1 unspecified atom stereocenters. The summed E-state index contributed by atoms with van der Waals surface area (Å²) in [5.41, 5.74) is 5.40. The van der Waals surface area contributed by atoms with Gasteiger partial charge in [-0.1, -0.05) is 51.8 Å². The molecule has 2 aromatic carbocycles. The van der Waals surface area contributed by atoms with Crippen LogP contribution in [0.4, 0.5) is 0 Å². The fourth-order valence-electron chi connectivity index (χ4n) is 2.40. The molecule has 0 heterocycles. The Bertz CT molecular complexity index is 563. The largest absolute Gasteiger partial charge is 0.313 e. The molecule has 19 heavy (non-hydrogen) atoms. The monoisotopic (exact) mass is 317 g/mol. The van der Waals surface area contributed by atoms with Crippen LogP contribution < -0.4 is 5.32 Å². The second-order valence-electron chi connectivity index (χ2n) is 5.04. The van der Waals surface area contributed by atoms with Gasteiger partial charge in [-0.05, 0) is 56.1 Å². The highest BCUT2D eigenvalue weighted by molar-refractivity contribution is 9.10. The summed E-state index contributed by atoms with van der Waals surface area (Å²) in [6.07, 6.45) is 1.00. The number of benzene rings is 2. The minimum absolute atomic E-state index is 0.356. The Morgan fingerprint density at radius 1 is 1.11 bits per heavy atom. The number of likely N-dealkylation sites (N-methyl/N-ethyl adjacent to an activating group) is 1. The molecule has 2 heteroatoms. The first kappa shape index (κ1) is 14.3. The molecule has 0 aromatic heterocycles. The van der Waals surface area contributed by atoms with Crippen molar-refractivity contribution in [2.45, 2.75) is 26.3 Å². The van der Waals surface area contributed by atoms with Gasteiger partial charge in [0, 0.05) is 10.5 Å². The van der Waals surface area contributed by atoms with Crippen molar-refractivity contribution < 1.29 is 0 Å². The number of hydrogen-bond acceptors (Lipinski definition) is 1. The van der Waals surface area contributed by atoms with E-state index in [1.54, 1.807) is 0 Å². The van der Waals surface area contributed by atoms with E-state index >= 15 is 0 Å². The van der Waals surface area contributed by atoms with Gasteiger partial charge in [-0.2, -0.15) is 0 Å². The maximum Gasteiger partial charge on any atom is 0.0361 e. The van der Waals surface area contributed by atoms with Crippen LogP contribution in [0, 0.1) is 13.8 Å². The van der Waals surface area contributed by atoms with Gasteiger partial charge in [0.05, 0.1) is 0 Å². The maximum atomic E-state index is 3.54. The van der Waals surface area contributed by atoms with Gasteiger partial charge in [0.15, 0.2) is 0 Å². The first-order valence-electron chi connectivity index (χ1n) is 6.59. The Balaban J connectivity index is 2.27. The third-order valence-corrected chi connectivity index (χ3v) is 3.98. The average molecular weight is 318 g/mol. The van der Waals surface area contributed by atoms with E-state index in [9.17, 15) is 0 Å². The lowest BCUT2D eigenvalue weighted by molar-refractivity contribution is 0.588. The fraction of sp³-hybridized carbons (Fsp3) is 0.294. The summed E-state index contributed by atoms with van der Waals surface area (Å²) < 4.78 is 1.14. The maximum absolute atomic E-state index is 3.54. The molecule has 1 nitrogen and oxygen atoms in total. The van der Waals surface area contributed by atoms with Gasteiger partial charge in [0.2, 0.25) is 0 Å². The molecule has 0 fully saturated rings. The Morgan fingerprint density at radius 2 is 1.89 bits per heavy atom. The van der Waals surface area contributed by atoms with Gasteiger partial charge in [-0.15, -0.1) is 0 Å². The van der Waals surface area contributed by atoms with E-state index in [-0.39, 0.29) is 0 Å². The average Bonchev–Trinajstić information content (AvgIpc) is 2.39. The summed E-state index contributed by atoms with van der Waals surface area (Å²) in [4.78, 5) is 0. The number of aryl methyl sites for hydroxylation is 2. The van der Waals surface area contributed by atoms with Gasteiger partial charge < -0.3 is 5.32 Å². The SMILES string of the molecule is CNC(Cc1cccc(Br)c1)c1cc(C)ccc1C. The summed E-state index contributed by atoms with van der Waals surface area (Å²) in [7, 11) is 2.03. The van der Waals surface area contributed by atoms with Crippen LogP contribution in [0.25, 0.3) is 0 Å². The molecular formula is C17H20BrN. The van der Waals surface area contributed by atoms with Crippen molar-refractivity contribution in [3.63, 3.8) is 0 Å². The second-order valence-corrected chi connectivity index (χ2v) is 5.95. The first-order chi connectivity index (χ1) is 9.10. The minimum Gasteiger partial charge on any atom is -0.313 e. The standard InChI is InChI=1S/C17H20BrN/c1-12-7-8-13(2)16(9-12)17(19-3)11-14-5-4-6-15(18)10-14/h4-10,17,19H,11H2,1-3H3. The Labute approximate surface area is 124 Å². The highest BCUT2D eigenvalue weighted by Gasteiger charge is 2.12. The Kier molecular flexibility index (Phi) is 4.78. The summed E-state index contributed by atoms with van der Waals surface area (Å²) in [6.45, 7) is 4.33. The van der Waals surface area contributed by atoms with E-state index in [2.05, 4.69) is 77.6 Å². The van der Waals surface area contributed by atoms with Gasteiger partial charge in [0.1, 0.15) is 0 Å². The van der Waals surface area contributed by atoms with Crippen LogP contribution in [-0.2, 0) is 6.42 Å². The second kappa shape index (κ2) is 6.36. The van der Waals surface area contributed by atoms with Crippen molar-refractivity contribution in [1.82, 2.24) is 5.32 Å². The van der Waals surface area contributed by atoms with Crippen molar-refractivity contribution in [3.8, 4) is 0 Å². The molecular weight excluding hydrogens is 298 g/mol. The van der Waals surface area contributed by atoms with E-state index in [0.717, 1.165) is 10.9 Å². The lowest BCUT2D eigenvalue weighted by atomic mass is 9.94. The number of rotatable bonds is 4. The van der Waals surface area contributed by atoms with Crippen molar-refractivity contribution >= 4 is 15.9 Å². The summed E-state index contributed by atoms with van der Waals surface area (Å²) in [5, 5.41) is 3.44. The molecule has 100 valence electrons. The molecule has 0 aliphatic heterocycles. The first-order valence-corrected chi connectivity index (χ1v) is 7.38. The van der Waals surface area contributed by atoms with Gasteiger partial charge in [-0.3, -0.25) is 0 Å². The predicted molar refractivity (Wildman–Crippen MR) is 85.6 cm³/mol. The van der Waals surface area contributed by atoms with Crippen molar-refractivity contribution in [2.24, 2.45) is 0 Å². The van der Waals surface area contributed by atoms with Gasteiger partial charge >= 0.3 is 0 Å². The highest BCUT2D eigenvalue weighted by atomic mass is 79.9. The van der Waals surface area contributed by atoms with Crippen LogP contribution in [0.2, 0.25) is 0 Å². The zero-order valence-electron chi connectivity index (χ0n) is 11.7. The van der Waals surface area contributed by atoms with Crippen LogP contribution in [0.3, 0.4) is 0 Å². The smallest absolute Gasteiger partial charge is 0.0361 e. The number of hydrogen-bond donors (Lipinski definition) is 1. The van der Waals surface area contributed by atoms with Crippen LogP contribution in [0.15, 0.2) is 46.9 Å². The van der Waals surface area contributed by atoms with Crippen LogP contribution in [-0.4, -0.2) is 7.05 Å². The zero-order chi connectivity index (χ0) is 13.8. The molecule has 0 aliphatic carbocycles. The summed E-state index contributed by atoms with van der Waals surface area (Å²) in [6, 6.07) is 15.5. The molecule has 2 rings (SSSR count). The topological polar surface area (TPSA) is 12.0 Å². The predicted octanol–water partition coefficient (Wildman–Crippen LogP) is 4.57. The lowest BCUT2D eigenvalue weighted by Crippen LogP contribution is -2.20. The van der Waals surface area contributed by atoms with E-state index in [4.69, 9.17) is 0 Å². The van der Waals surface area contributed by atoms with E-state index in [1.807, 2.05) is 7.05 Å². The van der Waals surface area contributed by atoms with Crippen molar-refractivity contribution in [1.29, 1.82) is 0 Å². The molecule has 1 N–H and O–H groups in total. The van der Waals surface area contributed by atoms with Crippen LogP contribution >= 0.6 is 15.9 Å². The quantitative estimate of drug-likeness (QED) is 0.871. The molecule has 0 radical (unpaired) electrons. The summed E-state index contributed by atoms with van der Waals surface area (Å²) >= 11 is 3.54. The highest BCUT2D eigenvalue weighted by Crippen LogP contribution is 2.24.